The number of benzene rings is 4. The number of thiazole rings is 1. The summed E-state index contributed by atoms with van der Waals surface area (Å²) in [5.74, 6) is -1.58. The molecule has 2 N–H and O–H groups in total. The van der Waals surface area contributed by atoms with Crippen molar-refractivity contribution in [3.63, 3.8) is 0 Å². The van der Waals surface area contributed by atoms with Crippen LogP contribution in [0.15, 0.2) is 108 Å². The van der Waals surface area contributed by atoms with Crippen LogP contribution in [0.5, 0.6) is 0 Å². The van der Waals surface area contributed by atoms with Crippen molar-refractivity contribution >= 4 is 50.0 Å². The third-order valence-electron chi connectivity index (χ3n) is 7.38. The molecule has 0 aliphatic rings. The summed E-state index contributed by atoms with van der Waals surface area (Å²) < 4.78 is 28.0. The molecule has 0 unspecified atom stereocenters. The molecule has 0 fully saturated rings. The van der Waals surface area contributed by atoms with Crippen LogP contribution in [0.25, 0.3) is 21.7 Å². The van der Waals surface area contributed by atoms with Gasteiger partial charge in [-0.3, -0.25) is 14.9 Å². The fourth-order valence-corrected chi connectivity index (χ4v) is 7.18. The largest absolute Gasteiger partial charge is 0.480 e. The Hall–Kier alpha value is -4.35. The summed E-state index contributed by atoms with van der Waals surface area (Å²) in [6, 6.07) is 28.3. The van der Waals surface area contributed by atoms with Gasteiger partial charge in [-0.1, -0.05) is 96.6 Å². The number of sulfonamides is 1. The van der Waals surface area contributed by atoms with Gasteiger partial charge in [0.2, 0.25) is 10.0 Å². The number of aryl methyl sites for hydroxylation is 1. The van der Waals surface area contributed by atoms with Gasteiger partial charge in [0.1, 0.15) is 6.04 Å². The monoisotopic (exact) mass is 659 g/mol. The lowest BCUT2D eigenvalue weighted by atomic mass is 10.0. The molecule has 0 saturated heterocycles. The SMILES string of the molecule is CCc1ccc(-c2sc(NC(=O)c3ccc(Cl)cc3)nc2-c2ccc(S(=O)(=O)N(C)[C@@H](Cc3ccccc3)C(=O)O)cc2)cc1. The molecule has 0 saturated carbocycles. The van der Waals surface area contributed by atoms with Gasteiger partial charge in [-0.25, -0.2) is 13.4 Å². The van der Waals surface area contributed by atoms with Crippen LogP contribution < -0.4 is 5.32 Å². The number of amides is 1. The molecule has 45 heavy (non-hydrogen) atoms. The van der Waals surface area contributed by atoms with E-state index < -0.39 is 22.0 Å². The first kappa shape index (κ1) is 32.1. The van der Waals surface area contributed by atoms with Crippen molar-refractivity contribution in [1.82, 2.24) is 9.29 Å². The van der Waals surface area contributed by atoms with Crippen molar-refractivity contribution in [1.29, 1.82) is 0 Å². The molecule has 0 bridgehead atoms. The summed E-state index contributed by atoms with van der Waals surface area (Å²) in [5, 5.41) is 13.6. The fourth-order valence-electron chi connectivity index (χ4n) is 4.75. The first-order valence-electron chi connectivity index (χ1n) is 14.1. The van der Waals surface area contributed by atoms with Crippen LogP contribution in [0.1, 0.15) is 28.4 Å². The van der Waals surface area contributed by atoms with Crippen molar-refractivity contribution in [2.75, 3.05) is 12.4 Å². The van der Waals surface area contributed by atoms with Gasteiger partial charge in [0, 0.05) is 23.2 Å². The molecular formula is C34H30ClN3O5S2. The first-order chi connectivity index (χ1) is 21.6. The molecular weight excluding hydrogens is 630 g/mol. The molecule has 11 heteroatoms. The topological polar surface area (TPSA) is 117 Å². The third kappa shape index (κ3) is 7.32. The molecule has 0 radical (unpaired) electrons. The highest BCUT2D eigenvalue weighted by atomic mass is 35.5. The Morgan fingerprint density at radius 3 is 2.11 bits per heavy atom. The second-order valence-electron chi connectivity index (χ2n) is 10.3. The summed E-state index contributed by atoms with van der Waals surface area (Å²) >= 11 is 7.28. The standard InChI is InChI=1S/C34H30ClN3O5S2/c1-3-22-9-11-25(12-10-22)31-30(36-34(44-31)37-32(39)26-13-17-27(35)18-14-26)24-15-19-28(20-16-24)45(42,43)38(2)29(33(40)41)21-23-7-5-4-6-8-23/h4-20,29H,3,21H2,1-2H3,(H,40,41)(H,36,37,39)/t29-/m0/s1. The smallest absolute Gasteiger partial charge is 0.322 e. The van der Waals surface area contributed by atoms with Crippen LogP contribution in [0.3, 0.4) is 0 Å². The maximum Gasteiger partial charge on any atom is 0.322 e. The average Bonchev–Trinajstić information content (AvgIpc) is 3.47. The molecule has 1 amide bonds. The van der Waals surface area contributed by atoms with Crippen LogP contribution in [0.4, 0.5) is 5.13 Å². The second kappa shape index (κ2) is 13.7. The molecule has 1 aromatic heterocycles. The Morgan fingerprint density at radius 2 is 1.51 bits per heavy atom. The number of halogens is 1. The fraction of sp³-hybridized carbons (Fsp3) is 0.147. The Bertz CT molecular complexity index is 1910. The predicted molar refractivity (Wildman–Crippen MR) is 178 cm³/mol. The summed E-state index contributed by atoms with van der Waals surface area (Å²) in [6.45, 7) is 2.07. The number of carbonyl (C=O) groups excluding carboxylic acids is 1. The van der Waals surface area contributed by atoms with Gasteiger partial charge in [-0.15, -0.1) is 0 Å². The minimum absolute atomic E-state index is 0.0213. The number of likely N-dealkylation sites (N-methyl/N-ethyl adjacent to an activating group) is 1. The minimum atomic E-state index is -4.15. The lowest BCUT2D eigenvalue weighted by molar-refractivity contribution is -0.141. The van der Waals surface area contributed by atoms with E-state index in [-0.39, 0.29) is 17.2 Å². The Balaban J connectivity index is 1.46. The molecule has 0 spiro atoms. The first-order valence-corrected chi connectivity index (χ1v) is 16.7. The molecule has 4 aromatic carbocycles. The Kier molecular flexibility index (Phi) is 9.79. The van der Waals surface area contributed by atoms with Crippen molar-refractivity contribution in [3.05, 3.63) is 125 Å². The van der Waals surface area contributed by atoms with Crippen LogP contribution in [-0.2, 0) is 27.7 Å². The third-order valence-corrected chi connectivity index (χ3v) is 10.5. The number of carboxylic acids is 1. The number of aromatic nitrogens is 1. The number of nitrogens with zero attached hydrogens (tertiary/aromatic N) is 2. The highest BCUT2D eigenvalue weighted by Gasteiger charge is 2.33. The minimum Gasteiger partial charge on any atom is -0.480 e. The van der Waals surface area contributed by atoms with Gasteiger partial charge in [0.05, 0.1) is 15.5 Å². The van der Waals surface area contributed by atoms with Gasteiger partial charge >= 0.3 is 5.97 Å². The van der Waals surface area contributed by atoms with E-state index in [0.717, 1.165) is 21.2 Å². The molecule has 230 valence electrons. The van der Waals surface area contributed by atoms with Gasteiger partial charge in [-0.05, 0) is 65.9 Å². The van der Waals surface area contributed by atoms with E-state index in [1.165, 1.54) is 36.1 Å². The van der Waals surface area contributed by atoms with Crippen molar-refractivity contribution in [2.24, 2.45) is 0 Å². The van der Waals surface area contributed by atoms with Gasteiger partial charge in [-0.2, -0.15) is 4.31 Å². The van der Waals surface area contributed by atoms with Crippen molar-refractivity contribution in [3.8, 4) is 21.7 Å². The second-order valence-corrected chi connectivity index (χ2v) is 13.7. The molecule has 1 atom stereocenters. The summed E-state index contributed by atoms with van der Waals surface area (Å²) in [4.78, 5) is 30.5. The maximum absolute atomic E-state index is 13.5. The highest BCUT2D eigenvalue weighted by molar-refractivity contribution is 7.89. The lowest BCUT2D eigenvalue weighted by Gasteiger charge is -2.24. The number of hydrogen-bond donors (Lipinski definition) is 2. The van der Waals surface area contributed by atoms with Crippen molar-refractivity contribution in [2.45, 2.75) is 30.7 Å². The molecule has 0 aliphatic heterocycles. The Labute approximate surface area is 271 Å². The van der Waals surface area contributed by atoms with Crippen LogP contribution in [0, 0.1) is 0 Å². The zero-order valence-corrected chi connectivity index (χ0v) is 26.9. The highest BCUT2D eigenvalue weighted by Crippen LogP contribution is 2.40. The molecule has 0 aliphatic carbocycles. The summed E-state index contributed by atoms with van der Waals surface area (Å²) in [7, 11) is -2.87. The summed E-state index contributed by atoms with van der Waals surface area (Å²) in [5.41, 5.74) is 4.41. The van der Waals surface area contributed by atoms with E-state index in [2.05, 4.69) is 12.2 Å². The zero-order valence-electron chi connectivity index (χ0n) is 24.5. The van der Waals surface area contributed by atoms with Crippen LogP contribution in [-0.4, -0.2) is 47.8 Å². The number of nitrogens with one attached hydrogen (secondary N) is 1. The van der Waals surface area contributed by atoms with Crippen molar-refractivity contribution < 1.29 is 23.1 Å². The van der Waals surface area contributed by atoms with E-state index in [1.54, 1.807) is 60.7 Å². The van der Waals surface area contributed by atoms with E-state index in [4.69, 9.17) is 16.6 Å². The normalized spacial score (nSPS) is 12.2. The van der Waals surface area contributed by atoms with Gasteiger partial charge in [0.15, 0.2) is 5.13 Å². The van der Waals surface area contributed by atoms with Crippen LogP contribution >= 0.6 is 22.9 Å². The van der Waals surface area contributed by atoms with E-state index in [9.17, 15) is 23.1 Å². The number of anilines is 1. The molecule has 8 nitrogen and oxygen atoms in total. The number of carboxylic acid groups (broad SMARTS) is 1. The van der Waals surface area contributed by atoms with E-state index >= 15 is 0 Å². The summed E-state index contributed by atoms with van der Waals surface area (Å²) in [6.07, 6.45) is 0.907. The van der Waals surface area contributed by atoms with E-state index in [0.29, 0.717) is 32.5 Å². The lowest BCUT2D eigenvalue weighted by Crippen LogP contribution is -2.43. The van der Waals surface area contributed by atoms with Crippen LogP contribution in [0.2, 0.25) is 5.02 Å². The Morgan fingerprint density at radius 1 is 0.889 bits per heavy atom. The predicted octanol–water partition coefficient (Wildman–Crippen LogP) is 7.26. The van der Waals surface area contributed by atoms with Gasteiger partial charge in [0.25, 0.3) is 5.91 Å². The maximum atomic E-state index is 13.5. The van der Waals surface area contributed by atoms with E-state index in [1.807, 2.05) is 30.3 Å². The molecule has 1 heterocycles. The zero-order chi connectivity index (χ0) is 32.1. The van der Waals surface area contributed by atoms with Gasteiger partial charge < -0.3 is 5.11 Å². The molecule has 5 aromatic rings. The average molecular weight is 660 g/mol. The number of hydrogen-bond acceptors (Lipinski definition) is 6. The quantitative estimate of drug-likeness (QED) is 0.154. The number of carbonyl (C=O) groups is 2. The number of rotatable bonds is 11. The number of aliphatic carboxylic acids is 1. The molecule has 5 rings (SSSR count).